The summed E-state index contributed by atoms with van der Waals surface area (Å²) >= 11 is 6.39. The minimum atomic E-state index is -1.00. The molecule has 0 bridgehead atoms. The minimum absolute atomic E-state index is 0.146. The summed E-state index contributed by atoms with van der Waals surface area (Å²) in [7, 11) is 0. The van der Waals surface area contributed by atoms with Gasteiger partial charge in [-0.15, -0.1) is 0 Å². The number of nitrogens with two attached hydrogens (primary N) is 1. The Hall–Kier alpha value is -2.37. The zero-order valence-corrected chi connectivity index (χ0v) is 14.9. The lowest BCUT2D eigenvalue weighted by Crippen LogP contribution is -2.45. The lowest BCUT2D eigenvalue weighted by molar-refractivity contribution is -0.122. The van der Waals surface area contributed by atoms with E-state index in [9.17, 15) is 9.90 Å². The van der Waals surface area contributed by atoms with Crippen LogP contribution in [0.25, 0.3) is 0 Å². The van der Waals surface area contributed by atoms with Gasteiger partial charge in [0.15, 0.2) is 0 Å². The number of nitrogens with zero attached hydrogens (tertiary/aromatic N) is 2. The highest BCUT2D eigenvalue weighted by atomic mass is 35.5. The van der Waals surface area contributed by atoms with E-state index in [1.807, 2.05) is 18.2 Å². The molecule has 1 amide bonds. The van der Waals surface area contributed by atoms with Crippen LogP contribution in [0.1, 0.15) is 25.0 Å². The number of hydrogen-bond donors (Lipinski definition) is 2. The Morgan fingerprint density at radius 2 is 1.92 bits per heavy atom. The van der Waals surface area contributed by atoms with E-state index < -0.39 is 5.54 Å². The van der Waals surface area contributed by atoms with Gasteiger partial charge in [-0.3, -0.25) is 9.79 Å². The molecule has 0 unspecified atom stereocenters. The average Bonchev–Trinajstić information content (AvgIpc) is 2.65. The smallest absolute Gasteiger partial charge is 0.254 e. The fraction of sp³-hybridized carbons (Fsp3) is 0.263. The number of anilines is 2. The summed E-state index contributed by atoms with van der Waals surface area (Å²) in [5, 5.41) is 9.98. The van der Waals surface area contributed by atoms with Gasteiger partial charge in [0.25, 0.3) is 5.91 Å². The van der Waals surface area contributed by atoms with Crippen LogP contribution in [0.3, 0.4) is 0 Å². The summed E-state index contributed by atoms with van der Waals surface area (Å²) in [6.07, 6.45) is 0. The van der Waals surface area contributed by atoms with Crippen LogP contribution < -0.4 is 10.6 Å². The molecule has 130 valence electrons. The fourth-order valence-electron chi connectivity index (χ4n) is 2.99. The SMILES string of the molecule is CC1(C)N=C(c2ccccc2Cl)c2cc(N)ccc2N(CCO)C1=O. The van der Waals surface area contributed by atoms with Gasteiger partial charge in [0.1, 0.15) is 5.54 Å². The summed E-state index contributed by atoms with van der Waals surface area (Å²) in [5.41, 5.74) is 8.30. The van der Waals surface area contributed by atoms with Crippen LogP contribution in [0, 0.1) is 0 Å². The number of rotatable bonds is 3. The number of fused-ring (bicyclic) bond motifs is 1. The molecule has 1 aliphatic rings. The van der Waals surface area contributed by atoms with E-state index in [1.165, 1.54) is 0 Å². The number of nitrogen functional groups attached to an aromatic ring is 1. The van der Waals surface area contributed by atoms with Gasteiger partial charge in [0.05, 0.1) is 18.0 Å². The van der Waals surface area contributed by atoms with Gasteiger partial charge in [-0.1, -0.05) is 29.8 Å². The summed E-state index contributed by atoms with van der Waals surface area (Å²) in [6.45, 7) is 3.55. The molecule has 5 nitrogen and oxygen atoms in total. The van der Waals surface area contributed by atoms with Crippen molar-refractivity contribution in [2.24, 2.45) is 4.99 Å². The van der Waals surface area contributed by atoms with Gasteiger partial charge in [-0.25, -0.2) is 0 Å². The Bertz CT molecular complexity index is 861. The Balaban J connectivity index is 2.33. The zero-order valence-electron chi connectivity index (χ0n) is 14.2. The van der Waals surface area contributed by atoms with Crippen molar-refractivity contribution in [2.45, 2.75) is 19.4 Å². The van der Waals surface area contributed by atoms with Crippen LogP contribution in [0.2, 0.25) is 5.02 Å². The second kappa shape index (κ2) is 6.50. The van der Waals surface area contributed by atoms with Crippen LogP contribution >= 0.6 is 11.6 Å². The van der Waals surface area contributed by atoms with E-state index in [0.717, 1.165) is 11.1 Å². The van der Waals surface area contributed by atoms with Crippen molar-refractivity contribution in [3.05, 3.63) is 58.6 Å². The highest BCUT2D eigenvalue weighted by Gasteiger charge is 2.37. The van der Waals surface area contributed by atoms with Gasteiger partial charge in [0.2, 0.25) is 0 Å². The first kappa shape index (κ1) is 17.5. The fourth-order valence-corrected chi connectivity index (χ4v) is 3.21. The number of hydrogen-bond acceptors (Lipinski definition) is 4. The summed E-state index contributed by atoms with van der Waals surface area (Å²) < 4.78 is 0. The largest absolute Gasteiger partial charge is 0.399 e. The molecule has 0 saturated carbocycles. The van der Waals surface area contributed by atoms with Crippen LogP contribution in [-0.4, -0.2) is 35.4 Å². The van der Waals surface area contributed by atoms with Crippen LogP contribution in [-0.2, 0) is 4.79 Å². The number of aliphatic hydroxyl groups excluding tert-OH is 1. The van der Waals surface area contributed by atoms with E-state index in [4.69, 9.17) is 22.3 Å². The maximum atomic E-state index is 13.0. The van der Waals surface area contributed by atoms with E-state index in [2.05, 4.69) is 0 Å². The molecule has 0 aromatic heterocycles. The molecule has 1 aliphatic heterocycles. The number of amides is 1. The monoisotopic (exact) mass is 357 g/mol. The third kappa shape index (κ3) is 3.13. The first-order valence-electron chi connectivity index (χ1n) is 8.02. The van der Waals surface area contributed by atoms with Gasteiger partial charge in [-0.2, -0.15) is 0 Å². The van der Waals surface area contributed by atoms with Gasteiger partial charge >= 0.3 is 0 Å². The second-order valence-corrected chi connectivity index (χ2v) is 6.86. The molecule has 0 spiro atoms. The number of β-amino-alcohol motifs (C(OH)–C–C–N with tert-alkyl or cyclic N) is 1. The molecule has 3 rings (SSSR count). The molecule has 0 atom stereocenters. The van der Waals surface area contributed by atoms with E-state index in [0.29, 0.717) is 22.1 Å². The maximum Gasteiger partial charge on any atom is 0.254 e. The number of benzodiazepines with no additional fused rings is 1. The molecule has 2 aromatic rings. The highest BCUT2D eigenvalue weighted by Crippen LogP contribution is 2.34. The molecular weight excluding hydrogens is 338 g/mol. The third-order valence-electron chi connectivity index (χ3n) is 4.18. The Labute approximate surface area is 151 Å². The van der Waals surface area contributed by atoms with Crippen LogP contribution in [0.15, 0.2) is 47.5 Å². The van der Waals surface area contributed by atoms with Crippen molar-refractivity contribution < 1.29 is 9.90 Å². The summed E-state index contributed by atoms with van der Waals surface area (Å²) in [6, 6.07) is 12.7. The van der Waals surface area contributed by atoms with Gasteiger partial charge < -0.3 is 15.7 Å². The summed E-state index contributed by atoms with van der Waals surface area (Å²) in [5.74, 6) is -0.186. The molecule has 2 aromatic carbocycles. The zero-order chi connectivity index (χ0) is 18.2. The number of carbonyl (C=O) groups is 1. The van der Waals surface area contributed by atoms with Crippen molar-refractivity contribution in [3.8, 4) is 0 Å². The second-order valence-electron chi connectivity index (χ2n) is 6.46. The lowest BCUT2D eigenvalue weighted by Gasteiger charge is -2.27. The molecule has 3 N–H and O–H groups in total. The Morgan fingerprint density at radius 1 is 1.20 bits per heavy atom. The topological polar surface area (TPSA) is 78.9 Å². The van der Waals surface area contributed by atoms with Crippen LogP contribution in [0.4, 0.5) is 11.4 Å². The molecular formula is C19H20ClN3O2. The highest BCUT2D eigenvalue weighted by molar-refractivity contribution is 6.36. The van der Waals surface area contributed by atoms with Gasteiger partial charge in [0, 0.05) is 28.4 Å². The molecule has 0 saturated heterocycles. The third-order valence-corrected chi connectivity index (χ3v) is 4.51. The molecule has 6 heteroatoms. The number of carbonyl (C=O) groups excluding carboxylic acids is 1. The van der Waals surface area contributed by atoms with E-state index in [-0.39, 0.29) is 19.1 Å². The average molecular weight is 358 g/mol. The predicted molar refractivity (Wildman–Crippen MR) is 101 cm³/mol. The quantitative estimate of drug-likeness (QED) is 0.829. The van der Waals surface area contributed by atoms with Gasteiger partial charge in [-0.05, 0) is 38.1 Å². The number of benzene rings is 2. The predicted octanol–water partition coefficient (Wildman–Crippen LogP) is 2.88. The molecule has 0 fully saturated rings. The Morgan fingerprint density at radius 3 is 2.60 bits per heavy atom. The first-order chi connectivity index (χ1) is 11.8. The molecule has 0 radical (unpaired) electrons. The molecule has 0 aliphatic carbocycles. The number of aliphatic hydroxyl groups is 1. The van der Waals surface area contributed by atoms with Crippen molar-refractivity contribution in [2.75, 3.05) is 23.8 Å². The van der Waals surface area contributed by atoms with Crippen molar-refractivity contribution in [1.29, 1.82) is 0 Å². The van der Waals surface area contributed by atoms with Crippen molar-refractivity contribution in [3.63, 3.8) is 0 Å². The molecule has 1 heterocycles. The van der Waals surface area contributed by atoms with E-state index >= 15 is 0 Å². The van der Waals surface area contributed by atoms with E-state index in [1.54, 1.807) is 43.0 Å². The lowest BCUT2D eigenvalue weighted by atomic mass is 9.99. The van der Waals surface area contributed by atoms with Crippen LogP contribution in [0.5, 0.6) is 0 Å². The summed E-state index contributed by atoms with van der Waals surface area (Å²) in [4.78, 5) is 19.3. The maximum absolute atomic E-state index is 13.0. The minimum Gasteiger partial charge on any atom is -0.399 e. The van der Waals surface area contributed by atoms with Crippen molar-refractivity contribution >= 4 is 34.6 Å². The van der Waals surface area contributed by atoms with Crippen molar-refractivity contribution in [1.82, 2.24) is 0 Å². The normalized spacial score (nSPS) is 16.2. The number of halogens is 1. The Kier molecular flexibility index (Phi) is 4.54. The standard InChI is InChI=1S/C19H20ClN3O2/c1-19(2)18(25)23(9-10-24)16-8-7-12(21)11-14(16)17(22-19)13-5-3-4-6-15(13)20/h3-8,11,24H,9-10,21H2,1-2H3. The molecule has 25 heavy (non-hydrogen) atoms. The number of aliphatic imine (C=N–C) groups is 1. The first-order valence-corrected chi connectivity index (χ1v) is 8.40.